The molecule has 100 valence electrons. The smallest absolute Gasteiger partial charge is 0.123 e. The number of rotatable bonds is 3. The van der Waals surface area contributed by atoms with Crippen LogP contribution in [0.1, 0.15) is 45.6 Å². The standard InChI is InChI=1S/C15H20BrClO/c1-9(2)11-7-10(16)5-6-12(11)18-14-8-13(17)15(14,3)4/h5-7,9,13-14H,8H2,1-4H3. The molecule has 2 rings (SSSR count). The molecule has 0 aliphatic heterocycles. The third kappa shape index (κ3) is 2.55. The van der Waals surface area contributed by atoms with Crippen LogP contribution in [0.4, 0.5) is 0 Å². The van der Waals surface area contributed by atoms with Gasteiger partial charge in [0.2, 0.25) is 0 Å². The lowest BCUT2D eigenvalue weighted by atomic mass is 9.68. The van der Waals surface area contributed by atoms with Crippen LogP contribution in [0.5, 0.6) is 5.75 Å². The number of benzene rings is 1. The third-order valence-electron chi connectivity index (χ3n) is 3.92. The normalized spacial score (nSPS) is 25.9. The van der Waals surface area contributed by atoms with Gasteiger partial charge in [0.25, 0.3) is 0 Å². The predicted molar refractivity (Wildman–Crippen MR) is 80.7 cm³/mol. The lowest BCUT2D eigenvalue weighted by Crippen LogP contribution is -2.53. The van der Waals surface area contributed by atoms with E-state index in [0.717, 1.165) is 16.6 Å². The van der Waals surface area contributed by atoms with E-state index in [9.17, 15) is 0 Å². The van der Waals surface area contributed by atoms with Crippen molar-refractivity contribution in [3.8, 4) is 5.75 Å². The molecule has 1 aliphatic rings. The minimum absolute atomic E-state index is 0.0584. The predicted octanol–water partition coefficient (Wildman–Crippen LogP) is 5.36. The quantitative estimate of drug-likeness (QED) is 0.678. The van der Waals surface area contributed by atoms with Crippen molar-refractivity contribution in [2.75, 3.05) is 0 Å². The van der Waals surface area contributed by atoms with Gasteiger partial charge in [-0.1, -0.05) is 43.6 Å². The third-order valence-corrected chi connectivity index (χ3v) is 5.16. The zero-order chi connectivity index (χ0) is 13.5. The summed E-state index contributed by atoms with van der Waals surface area (Å²) < 4.78 is 7.28. The Kier molecular flexibility index (Phi) is 3.99. The fourth-order valence-electron chi connectivity index (χ4n) is 2.27. The molecule has 0 aromatic heterocycles. The Balaban J connectivity index is 2.20. The van der Waals surface area contributed by atoms with Gasteiger partial charge in [-0.05, 0) is 29.7 Å². The van der Waals surface area contributed by atoms with Gasteiger partial charge in [-0.3, -0.25) is 0 Å². The first kappa shape index (κ1) is 14.2. The number of hydrogen-bond donors (Lipinski definition) is 0. The molecule has 0 saturated heterocycles. The molecule has 0 heterocycles. The summed E-state index contributed by atoms with van der Waals surface area (Å²) in [5.74, 6) is 1.45. The molecule has 1 aromatic carbocycles. The van der Waals surface area contributed by atoms with Crippen molar-refractivity contribution in [1.82, 2.24) is 0 Å². The fraction of sp³-hybridized carbons (Fsp3) is 0.600. The highest BCUT2D eigenvalue weighted by Crippen LogP contribution is 2.47. The maximum absolute atomic E-state index is 6.24. The molecule has 1 saturated carbocycles. The summed E-state index contributed by atoms with van der Waals surface area (Å²) in [5.41, 5.74) is 1.31. The summed E-state index contributed by atoms with van der Waals surface area (Å²) in [4.78, 5) is 0. The lowest BCUT2D eigenvalue weighted by molar-refractivity contribution is -0.0137. The highest BCUT2D eigenvalue weighted by Gasteiger charge is 2.49. The van der Waals surface area contributed by atoms with Gasteiger partial charge < -0.3 is 4.74 Å². The van der Waals surface area contributed by atoms with Crippen molar-refractivity contribution in [3.63, 3.8) is 0 Å². The van der Waals surface area contributed by atoms with Gasteiger partial charge in [-0.2, -0.15) is 0 Å². The van der Waals surface area contributed by atoms with Gasteiger partial charge in [0.1, 0.15) is 11.9 Å². The SMILES string of the molecule is CC(C)c1cc(Br)ccc1OC1CC(Cl)C1(C)C. The van der Waals surface area contributed by atoms with Gasteiger partial charge in [-0.25, -0.2) is 0 Å². The fourth-order valence-corrected chi connectivity index (χ4v) is 2.95. The van der Waals surface area contributed by atoms with E-state index in [4.69, 9.17) is 16.3 Å². The van der Waals surface area contributed by atoms with Gasteiger partial charge in [0.15, 0.2) is 0 Å². The number of ether oxygens (including phenoxy) is 1. The van der Waals surface area contributed by atoms with Crippen LogP contribution >= 0.6 is 27.5 Å². The highest BCUT2D eigenvalue weighted by molar-refractivity contribution is 9.10. The van der Waals surface area contributed by atoms with Crippen molar-refractivity contribution >= 4 is 27.5 Å². The maximum Gasteiger partial charge on any atom is 0.123 e. The van der Waals surface area contributed by atoms with Crippen molar-refractivity contribution < 1.29 is 4.74 Å². The molecule has 0 amide bonds. The Morgan fingerprint density at radius 3 is 2.56 bits per heavy atom. The molecule has 1 aromatic rings. The molecule has 1 aliphatic carbocycles. The van der Waals surface area contributed by atoms with E-state index in [2.05, 4.69) is 55.8 Å². The molecule has 3 heteroatoms. The first-order valence-electron chi connectivity index (χ1n) is 6.42. The molecule has 0 spiro atoms. The molecule has 0 bridgehead atoms. The second-order valence-corrected chi connectivity index (χ2v) is 7.41. The first-order chi connectivity index (χ1) is 8.32. The summed E-state index contributed by atoms with van der Waals surface area (Å²) in [6.45, 7) is 8.72. The van der Waals surface area contributed by atoms with Crippen molar-refractivity contribution in [2.24, 2.45) is 5.41 Å². The van der Waals surface area contributed by atoms with Gasteiger partial charge in [0.05, 0.1) is 0 Å². The number of halogens is 2. The van der Waals surface area contributed by atoms with E-state index in [1.807, 2.05) is 6.07 Å². The van der Waals surface area contributed by atoms with Crippen LogP contribution < -0.4 is 4.74 Å². The minimum atomic E-state index is 0.0584. The van der Waals surface area contributed by atoms with E-state index in [0.29, 0.717) is 5.92 Å². The minimum Gasteiger partial charge on any atom is -0.489 e. The van der Waals surface area contributed by atoms with Crippen LogP contribution in [0.25, 0.3) is 0 Å². The van der Waals surface area contributed by atoms with Crippen LogP contribution in [0.2, 0.25) is 0 Å². The zero-order valence-electron chi connectivity index (χ0n) is 11.3. The van der Waals surface area contributed by atoms with E-state index in [1.54, 1.807) is 0 Å². The van der Waals surface area contributed by atoms with Crippen LogP contribution in [-0.4, -0.2) is 11.5 Å². The molecule has 18 heavy (non-hydrogen) atoms. The molecular formula is C15H20BrClO. The van der Waals surface area contributed by atoms with Crippen LogP contribution in [-0.2, 0) is 0 Å². The maximum atomic E-state index is 6.24. The highest BCUT2D eigenvalue weighted by atomic mass is 79.9. The van der Waals surface area contributed by atoms with Gasteiger partial charge in [0, 0.05) is 21.7 Å². The zero-order valence-corrected chi connectivity index (χ0v) is 13.7. The van der Waals surface area contributed by atoms with Gasteiger partial charge in [-0.15, -0.1) is 11.6 Å². The Bertz CT molecular complexity index is 442. The monoisotopic (exact) mass is 330 g/mol. The first-order valence-corrected chi connectivity index (χ1v) is 7.65. The van der Waals surface area contributed by atoms with E-state index < -0.39 is 0 Å². The summed E-state index contributed by atoms with van der Waals surface area (Å²) in [5, 5.41) is 0.223. The van der Waals surface area contributed by atoms with Gasteiger partial charge >= 0.3 is 0 Å². The molecule has 1 nitrogen and oxygen atoms in total. The lowest BCUT2D eigenvalue weighted by Gasteiger charge is -2.48. The van der Waals surface area contributed by atoms with Crippen molar-refractivity contribution in [3.05, 3.63) is 28.2 Å². The average molecular weight is 332 g/mol. The summed E-state index contributed by atoms with van der Waals surface area (Å²) in [6, 6.07) is 6.23. The van der Waals surface area contributed by atoms with Crippen LogP contribution in [0.3, 0.4) is 0 Å². The molecule has 2 atom stereocenters. The number of alkyl halides is 1. The molecule has 2 unspecified atom stereocenters. The molecule has 1 fully saturated rings. The van der Waals surface area contributed by atoms with Crippen LogP contribution in [0, 0.1) is 5.41 Å². The Morgan fingerprint density at radius 1 is 1.39 bits per heavy atom. The average Bonchev–Trinajstić information content (AvgIpc) is 2.30. The largest absolute Gasteiger partial charge is 0.489 e. The van der Waals surface area contributed by atoms with Crippen molar-refractivity contribution in [2.45, 2.75) is 51.5 Å². The Morgan fingerprint density at radius 2 is 2.06 bits per heavy atom. The Hall–Kier alpha value is -0.210. The summed E-state index contributed by atoms with van der Waals surface area (Å²) >= 11 is 9.76. The van der Waals surface area contributed by atoms with E-state index in [-0.39, 0.29) is 16.9 Å². The second kappa shape index (κ2) is 5.05. The van der Waals surface area contributed by atoms with Crippen molar-refractivity contribution in [1.29, 1.82) is 0 Å². The van der Waals surface area contributed by atoms with E-state index in [1.165, 1.54) is 5.56 Å². The topological polar surface area (TPSA) is 9.23 Å². The summed E-state index contributed by atoms with van der Waals surface area (Å²) in [6.07, 6.45) is 1.15. The number of hydrogen-bond acceptors (Lipinski definition) is 1. The second-order valence-electron chi connectivity index (χ2n) is 5.97. The molecular weight excluding hydrogens is 312 g/mol. The van der Waals surface area contributed by atoms with E-state index >= 15 is 0 Å². The molecule has 0 radical (unpaired) electrons. The van der Waals surface area contributed by atoms with Crippen LogP contribution in [0.15, 0.2) is 22.7 Å². The summed E-state index contributed by atoms with van der Waals surface area (Å²) in [7, 11) is 0. The molecule has 0 N–H and O–H groups in total. The Labute approximate surface area is 123 Å².